The summed E-state index contributed by atoms with van der Waals surface area (Å²) in [6.07, 6.45) is 5.48. The molecule has 0 radical (unpaired) electrons. The van der Waals surface area contributed by atoms with E-state index in [-0.39, 0.29) is 18.2 Å². The fourth-order valence-corrected chi connectivity index (χ4v) is 3.49. The molecule has 0 saturated carbocycles. The van der Waals surface area contributed by atoms with Crippen LogP contribution in [0.25, 0.3) is 5.65 Å². The predicted octanol–water partition coefficient (Wildman–Crippen LogP) is 1.21. The average molecular weight is 352 g/mol. The van der Waals surface area contributed by atoms with Crippen LogP contribution in [0.4, 0.5) is 11.6 Å². The third-order valence-electron chi connectivity index (χ3n) is 4.82. The van der Waals surface area contributed by atoms with Gasteiger partial charge in [0.2, 0.25) is 0 Å². The van der Waals surface area contributed by atoms with Gasteiger partial charge in [0.05, 0.1) is 19.3 Å². The molecule has 5 heterocycles. The second-order valence-corrected chi connectivity index (χ2v) is 6.63. The molecular formula is C18H20N6O2. The van der Waals surface area contributed by atoms with E-state index in [0.717, 1.165) is 30.4 Å². The standard InChI is InChI=1S/C18H20N6O2/c1-2-6-19-16(3-1)21-13-11-25-14-9-23(10-15(14)26-12-13)18-5-4-17-20-7-8-24(17)22-18/h1-8,13-15H,9-12H2,(H,19,21)/t14-,15-/m0/s1. The fraction of sp³-hybridized carbons (Fsp3) is 0.389. The Bertz CT molecular complexity index is 870. The van der Waals surface area contributed by atoms with Gasteiger partial charge in [-0.25, -0.2) is 14.5 Å². The number of pyridine rings is 1. The van der Waals surface area contributed by atoms with Crippen molar-refractivity contribution in [2.45, 2.75) is 18.2 Å². The molecule has 134 valence electrons. The molecule has 0 amide bonds. The molecule has 2 fully saturated rings. The van der Waals surface area contributed by atoms with Crippen LogP contribution in [0.1, 0.15) is 0 Å². The van der Waals surface area contributed by atoms with E-state index in [1.165, 1.54) is 0 Å². The summed E-state index contributed by atoms with van der Waals surface area (Å²) in [5, 5.41) is 7.99. The number of fused-ring (bicyclic) bond motifs is 2. The summed E-state index contributed by atoms with van der Waals surface area (Å²) in [5.41, 5.74) is 0.845. The van der Waals surface area contributed by atoms with Gasteiger partial charge in [-0.05, 0) is 24.3 Å². The molecule has 0 unspecified atom stereocenters. The van der Waals surface area contributed by atoms with E-state index in [0.29, 0.717) is 13.2 Å². The van der Waals surface area contributed by atoms with Crippen LogP contribution in [0.15, 0.2) is 48.9 Å². The van der Waals surface area contributed by atoms with Gasteiger partial charge in [0.15, 0.2) is 5.65 Å². The van der Waals surface area contributed by atoms with Gasteiger partial charge in [0.1, 0.15) is 23.8 Å². The maximum absolute atomic E-state index is 6.13. The number of imidazole rings is 1. The molecule has 0 aromatic carbocycles. The van der Waals surface area contributed by atoms with Crippen LogP contribution in [0.5, 0.6) is 0 Å². The van der Waals surface area contributed by atoms with Crippen molar-refractivity contribution in [1.29, 1.82) is 0 Å². The van der Waals surface area contributed by atoms with E-state index >= 15 is 0 Å². The van der Waals surface area contributed by atoms with Gasteiger partial charge in [-0.3, -0.25) is 0 Å². The van der Waals surface area contributed by atoms with Crippen LogP contribution in [-0.2, 0) is 9.47 Å². The van der Waals surface area contributed by atoms with E-state index in [4.69, 9.17) is 9.47 Å². The summed E-state index contributed by atoms with van der Waals surface area (Å²) in [5.74, 6) is 1.76. The summed E-state index contributed by atoms with van der Waals surface area (Å²) in [7, 11) is 0. The van der Waals surface area contributed by atoms with Gasteiger partial charge in [0.25, 0.3) is 0 Å². The Kier molecular flexibility index (Phi) is 3.91. The summed E-state index contributed by atoms with van der Waals surface area (Å²) >= 11 is 0. The van der Waals surface area contributed by atoms with Crippen LogP contribution >= 0.6 is 0 Å². The molecular weight excluding hydrogens is 332 g/mol. The zero-order valence-corrected chi connectivity index (χ0v) is 14.2. The molecule has 0 aliphatic carbocycles. The normalized spacial score (nSPS) is 23.8. The Balaban J connectivity index is 1.24. The highest BCUT2D eigenvalue weighted by Crippen LogP contribution is 2.25. The molecule has 2 saturated heterocycles. The van der Waals surface area contributed by atoms with Crippen molar-refractivity contribution >= 4 is 17.3 Å². The Morgan fingerprint density at radius 3 is 2.58 bits per heavy atom. The Labute approximate surface area is 150 Å². The monoisotopic (exact) mass is 352 g/mol. The van der Waals surface area contributed by atoms with Crippen LogP contribution in [-0.4, -0.2) is 64.1 Å². The summed E-state index contributed by atoms with van der Waals surface area (Å²) < 4.78 is 14.1. The van der Waals surface area contributed by atoms with E-state index in [2.05, 4.69) is 25.3 Å². The van der Waals surface area contributed by atoms with Gasteiger partial charge in [-0.15, -0.1) is 5.10 Å². The minimum absolute atomic E-state index is 0.0471. The zero-order valence-electron chi connectivity index (χ0n) is 14.2. The fourth-order valence-electron chi connectivity index (χ4n) is 3.49. The predicted molar refractivity (Wildman–Crippen MR) is 96.3 cm³/mol. The zero-order chi connectivity index (χ0) is 17.3. The van der Waals surface area contributed by atoms with Crippen molar-refractivity contribution < 1.29 is 9.47 Å². The molecule has 2 atom stereocenters. The highest BCUT2D eigenvalue weighted by molar-refractivity contribution is 5.47. The summed E-state index contributed by atoms with van der Waals surface area (Å²) in [4.78, 5) is 10.7. The number of ether oxygens (including phenoxy) is 2. The minimum Gasteiger partial charge on any atom is -0.371 e. The second-order valence-electron chi connectivity index (χ2n) is 6.63. The number of nitrogens with one attached hydrogen (secondary N) is 1. The lowest BCUT2D eigenvalue weighted by atomic mass is 10.3. The first-order valence-corrected chi connectivity index (χ1v) is 8.81. The third-order valence-corrected chi connectivity index (χ3v) is 4.82. The molecule has 3 aromatic rings. The van der Waals surface area contributed by atoms with Crippen molar-refractivity contribution in [3.05, 3.63) is 48.9 Å². The van der Waals surface area contributed by atoms with E-state index in [1.54, 1.807) is 16.9 Å². The Morgan fingerprint density at radius 2 is 1.81 bits per heavy atom. The van der Waals surface area contributed by atoms with E-state index in [9.17, 15) is 0 Å². The smallest absolute Gasteiger partial charge is 0.153 e. The maximum Gasteiger partial charge on any atom is 0.153 e. The molecule has 3 aromatic heterocycles. The highest BCUT2D eigenvalue weighted by Gasteiger charge is 2.38. The molecule has 2 aliphatic rings. The lowest BCUT2D eigenvalue weighted by molar-refractivity contribution is -0.00461. The Morgan fingerprint density at radius 1 is 0.962 bits per heavy atom. The molecule has 8 nitrogen and oxygen atoms in total. The number of hydrogen-bond donors (Lipinski definition) is 1. The van der Waals surface area contributed by atoms with Gasteiger partial charge >= 0.3 is 0 Å². The number of anilines is 2. The van der Waals surface area contributed by atoms with Crippen LogP contribution < -0.4 is 10.2 Å². The summed E-state index contributed by atoms with van der Waals surface area (Å²) in [6.45, 7) is 2.74. The van der Waals surface area contributed by atoms with Crippen molar-refractivity contribution in [1.82, 2.24) is 19.6 Å². The van der Waals surface area contributed by atoms with Crippen LogP contribution in [0.3, 0.4) is 0 Å². The van der Waals surface area contributed by atoms with Gasteiger partial charge in [0, 0.05) is 31.7 Å². The van der Waals surface area contributed by atoms with Crippen LogP contribution in [0, 0.1) is 0 Å². The van der Waals surface area contributed by atoms with Crippen molar-refractivity contribution in [3.63, 3.8) is 0 Å². The molecule has 1 N–H and O–H groups in total. The SMILES string of the molecule is c1ccc(NC2CO[C@H]3CN(c4ccc5nccn5n4)C[C@@H]3OC2)nc1. The number of hydrogen-bond acceptors (Lipinski definition) is 7. The summed E-state index contributed by atoms with van der Waals surface area (Å²) in [6, 6.07) is 9.89. The quantitative estimate of drug-likeness (QED) is 0.759. The number of aromatic nitrogens is 4. The molecule has 5 rings (SSSR count). The topological polar surface area (TPSA) is 76.8 Å². The molecule has 2 aliphatic heterocycles. The maximum atomic E-state index is 6.13. The molecule has 8 heteroatoms. The third kappa shape index (κ3) is 2.97. The number of nitrogens with zero attached hydrogens (tertiary/aromatic N) is 5. The minimum atomic E-state index is 0.0471. The first-order chi connectivity index (χ1) is 12.8. The Hall–Kier alpha value is -2.71. The molecule has 0 bridgehead atoms. The van der Waals surface area contributed by atoms with Gasteiger partial charge in [-0.1, -0.05) is 6.07 Å². The average Bonchev–Trinajstić information content (AvgIpc) is 3.27. The van der Waals surface area contributed by atoms with Crippen LogP contribution in [0.2, 0.25) is 0 Å². The largest absolute Gasteiger partial charge is 0.371 e. The first-order valence-electron chi connectivity index (χ1n) is 8.81. The second kappa shape index (κ2) is 6.54. The molecule has 0 spiro atoms. The lowest BCUT2D eigenvalue weighted by Gasteiger charge is -2.20. The first kappa shape index (κ1) is 15.5. The van der Waals surface area contributed by atoms with E-state index in [1.807, 2.05) is 36.5 Å². The number of rotatable bonds is 3. The molecule has 26 heavy (non-hydrogen) atoms. The van der Waals surface area contributed by atoms with E-state index < -0.39 is 0 Å². The van der Waals surface area contributed by atoms with Crippen molar-refractivity contribution in [2.75, 3.05) is 36.5 Å². The van der Waals surface area contributed by atoms with Crippen molar-refractivity contribution in [2.24, 2.45) is 0 Å². The van der Waals surface area contributed by atoms with Gasteiger partial charge < -0.3 is 19.7 Å². The highest BCUT2D eigenvalue weighted by atomic mass is 16.6. The lowest BCUT2D eigenvalue weighted by Crippen LogP contribution is -2.31. The van der Waals surface area contributed by atoms with Gasteiger partial charge in [-0.2, -0.15) is 0 Å². The van der Waals surface area contributed by atoms with Crippen molar-refractivity contribution in [3.8, 4) is 0 Å².